The minimum absolute atomic E-state index is 0.0110. The van der Waals surface area contributed by atoms with E-state index in [4.69, 9.17) is 4.74 Å². The van der Waals surface area contributed by atoms with E-state index in [0.717, 1.165) is 19.0 Å². The van der Waals surface area contributed by atoms with Crippen LogP contribution in [-0.4, -0.2) is 70.7 Å². The number of halogens is 3. The number of carbonyl (C=O) groups excluding carboxylic acids is 1. The molecule has 1 fully saturated rings. The third-order valence-electron chi connectivity index (χ3n) is 6.54. The van der Waals surface area contributed by atoms with Crippen molar-refractivity contribution >= 4 is 11.9 Å². The molecular weight excluding hydrogens is 449 g/mol. The fraction of sp³-hybridized carbons (Fsp3) is 0.609. The summed E-state index contributed by atoms with van der Waals surface area (Å²) in [4.78, 5) is 25.9. The lowest BCUT2D eigenvalue weighted by Gasteiger charge is -2.36. The lowest BCUT2D eigenvalue weighted by atomic mass is 9.91. The summed E-state index contributed by atoms with van der Waals surface area (Å²) in [5.41, 5.74) is 0.0410. The van der Waals surface area contributed by atoms with Gasteiger partial charge in [0.1, 0.15) is 11.3 Å². The summed E-state index contributed by atoms with van der Waals surface area (Å²) in [6.07, 6.45) is 0.523. The summed E-state index contributed by atoms with van der Waals surface area (Å²) < 4.78 is 46.8. The van der Waals surface area contributed by atoms with E-state index in [0.29, 0.717) is 50.3 Å². The molecule has 1 amide bonds. The van der Waals surface area contributed by atoms with Gasteiger partial charge >= 0.3 is 6.18 Å². The Labute approximate surface area is 196 Å². The zero-order valence-corrected chi connectivity index (χ0v) is 19.7. The van der Waals surface area contributed by atoms with Gasteiger partial charge in [-0.1, -0.05) is 0 Å². The highest BCUT2D eigenvalue weighted by atomic mass is 19.4. The van der Waals surface area contributed by atoms with Crippen LogP contribution in [0.1, 0.15) is 54.7 Å². The summed E-state index contributed by atoms with van der Waals surface area (Å²) in [5, 5.41) is 6.60. The number of alkyl halides is 3. The van der Waals surface area contributed by atoms with E-state index in [1.54, 1.807) is 12.0 Å². The van der Waals surface area contributed by atoms with Gasteiger partial charge in [0.25, 0.3) is 5.91 Å². The number of nitrogens with zero attached hydrogens (tertiary/aromatic N) is 3. The van der Waals surface area contributed by atoms with Crippen LogP contribution in [0.2, 0.25) is 0 Å². The van der Waals surface area contributed by atoms with Crippen molar-refractivity contribution in [1.29, 1.82) is 0 Å². The molecule has 2 aliphatic heterocycles. The van der Waals surface area contributed by atoms with Crippen LogP contribution in [0.3, 0.4) is 0 Å². The molecule has 0 unspecified atom stereocenters. The average Bonchev–Trinajstić information content (AvgIpc) is 3.13. The molecule has 11 heteroatoms. The molecule has 2 aromatic rings. The van der Waals surface area contributed by atoms with E-state index in [9.17, 15) is 18.0 Å². The normalized spacial score (nSPS) is 20.7. The number of ether oxygens (including phenoxy) is 1. The number of methoxy groups -OCH3 is 1. The maximum Gasteiger partial charge on any atom is 0.419 e. The topological polar surface area (TPSA) is 95.2 Å². The number of fused-ring (bicyclic) bond motifs is 1. The van der Waals surface area contributed by atoms with Crippen LogP contribution in [-0.2, 0) is 17.3 Å². The number of carbonyl (C=O) groups is 1. The Balaban J connectivity index is 1.67. The molecule has 2 aromatic heterocycles. The number of H-pyrrole nitrogens is 1. The first kappa shape index (κ1) is 24.5. The van der Waals surface area contributed by atoms with Gasteiger partial charge < -0.3 is 25.3 Å². The zero-order chi connectivity index (χ0) is 24.5. The number of aromatic nitrogens is 3. The minimum Gasteiger partial charge on any atom is -0.383 e. The number of rotatable bonds is 6. The van der Waals surface area contributed by atoms with Gasteiger partial charge in [-0.15, -0.1) is 0 Å². The lowest BCUT2D eigenvalue weighted by molar-refractivity contribution is -0.137. The minimum atomic E-state index is -4.63. The van der Waals surface area contributed by atoms with Crippen molar-refractivity contribution in [1.82, 2.24) is 25.2 Å². The molecule has 8 nitrogen and oxygen atoms in total. The predicted molar refractivity (Wildman–Crippen MR) is 122 cm³/mol. The fourth-order valence-corrected chi connectivity index (χ4v) is 4.53. The first-order chi connectivity index (χ1) is 16.1. The van der Waals surface area contributed by atoms with E-state index in [1.165, 1.54) is 6.20 Å². The van der Waals surface area contributed by atoms with Crippen LogP contribution < -0.4 is 10.6 Å². The molecule has 2 aliphatic rings. The van der Waals surface area contributed by atoms with Gasteiger partial charge in [-0.2, -0.15) is 13.2 Å². The molecule has 4 rings (SSSR count). The molecule has 34 heavy (non-hydrogen) atoms. The van der Waals surface area contributed by atoms with Crippen molar-refractivity contribution in [2.45, 2.75) is 57.3 Å². The smallest absolute Gasteiger partial charge is 0.383 e. The molecule has 0 radical (unpaired) electrons. The first-order valence-corrected chi connectivity index (χ1v) is 11.5. The van der Waals surface area contributed by atoms with E-state index >= 15 is 0 Å². The second kappa shape index (κ2) is 9.53. The summed E-state index contributed by atoms with van der Waals surface area (Å²) in [5.74, 6) is -0.0983. The van der Waals surface area contributed by atoms with Crippen LogP contribution in [0.4, 0.5) is 19.1 Å². The molecule has 4 heterocycles. The van der Waals surface area contributed by atoms with Gasteiger partial charge in [-0.25, -0.2) is 9.97 Å². The van der Waals surface area contributed by atoms with E-state index in [1.807, 2.05) is 0 Å². The number of nitrogens with one attached hydrogen (secondary N) is 3. The molecule has 186 valence electrons. The van der Waals surface area contributed by atoms with Crippen molar-refractivity contribution in [3.63, 3.8) is 0 Å². The lowest BCUT2D eigenvalue weighted by Crippen LogP contribution is -2.50. The summed E-state index contributed by atoms with van der Waals surface area (Å²) in [7, 11) is 1.56. The number of hydrogen-bond acceptors (Lipinski definition) is 6. The quantitative estimate of drug-likeness (QED) is 0.586. The number of anilines is 1. The van der Waals surface area contributed by atoms with Gasteiger partial charge in [0.05, 0.1) is 12.3 Å². The number of amides is 1. The molecule has 3 N–H and O–H groups in total. The van der Waals surface area contributed by atoms with E-state index in [-0.39, 0.29) is 34.7 Å². The Hall–Kier alpha value is -2.66. The second-order valence-corrected chi connectivity index (χ2v) is 9.54. The number of hydrogen-bond donors (Lipinski definition) is 3. The fourth-order valence-electron chi connectivity index (χ4n) is 4.53. The van der Waals surface area contributed by atoms with Crippen LogP contribution >= 0.6 is 0 Å². The Bertz CT molecular complexity index is 1030. The third-order valence-corrected chi connectivity index (χ3v) is 6.54. The highest BCUT2D eigenvalue weighted by molar-refractivity contribution is 5.96. The van der Waals surface area contributed by atoms with E-state index < -0.39 is 11.7 Å². The summed E-state index contributed by atoms with van der Waals surface area (Å²) in [6, 6.07) is 0.0110. The highest BCUT2D eigenvalue weighted by Crippen LogP contribution is 2.39. The van der Waals surface area contributed by atoms with Crippen molar-refractivity contribution < 1.29 is 22.7 Å². The molecule has 1 atom stereocenters. The molecule has 0 aliphatic carbocycles. The van der Waals surface area contributed by atoms with Gasteiger partial charge in [0.15, 0.2) is 0 Å². The van der Waals surface area contributed by atoms with Crippen molar-refractivity contribution in [3.8, 4) is 11.3 Å². The first-order valence-electron chi connectivity index (χ1n) is 11.5. The van der Waals surface area contributed by atoms with Crippen LogP contribution in [0.15, 0.2) is 12.4 Å². The van der Waals surface area contributed by atoms with Crippen LogP contribution in [0, 0.1) is 0 Å². The van der Waals surface area contributed by atoms with Gasteiger partial charge in [0.2, 0.25) is 5.95 Å². The SMILES string of the molecule is COCCN1CCCc2c(-c3nc(N[C@H]4CCC(C)(C)NC4)ncc3C(F)(F)F)c[nH]c2C1=O. The summed E-state index contributed by atoms with van der Waals surface area (Å²) >= 11 is 0. The van der Waals surface area contributed by atoms with Gasteiger partial charge in [-0.05, 0) is 45.1 Å². The monoisotopic (exact) mass is 480 g/mol. The largest absolute Gasteiger partial charge is 0.419 e. The van der Waals surface area contributed by atoms with Gasteiger partial charge in [-0.3, -0.25) is 4.79 Å². The Morgan fingerprint density at radius 3 is 2.82 bits per heavy atom. The van der Waals surface area contributed by atoms with E-state index in [2.05, 4.69) is 39.4 Å². The maximum atomic E-state index is 13.9. The Morgan fingerprint density at radius 1 is 1.35 bits per heavy atom. The molecule has 0 bridgehead atoms. The Kier molecular flexibility index (Phi) is 6.86. The van der Waals surface area contributed by atoms with Gasteiger partial charge in [0, 0.05) is 56.3 Å². The average molecular weight is 481 g/mol. The zero-order valence-electron chi connectivity index (χ0n) is 19.7. The highest BCUT2D eigenvalue weighted by Gasteiger charge is 2.37. The van der Waals surface area contributed by atoms with Crippen molar-refractivity contribution in [3.05, 3.63) is 29.2 Å². The van der Waals surface area contributed by atoms with Crippen LogP contribution in [0.25, 0.3) is 11.3 Å². The predicted octanol–water partition coefficient (Wildman–Crippen LogP) is 3.47. The molecule has 0 spiro atoms. The molecule has 0 saturated carbocycles. The standard InChI is InChI=1S/C23H31F3N6O2/c1-22(2)7-6-14(11-29-22)30-21-28-13-17(23(24,25)26)18(31-21)16-12-27-19-15(16)5-4-8-32(20(19)33)9-10-34-3/h12-14,27,29H,4-11H2,1-3H3,(H,28,30,31)/t14-/m0/s1. The molecular formula is C23H31F3N6O2. The second-order valence-electron chi connectivity index (χ2n) is 9.54. The summed E-state index contributed by atoms with van der Waals surface area (Å²) in [6.45, 7) is 6.22. The molecule has 1 saturated heterocycles. The maximum absolute atomic E-state index is 13.9. The number of aromatic amines is 1. The number of piperidine rings is 1. The van der Waals surface area contributed by atoms with Crippen molar-refractivity contribution in [2.24, 2.45) is 0 Å². The van der Waals surface area contributed by atoms with Crippen molar-refractivity contribution in [2.75, 3.05) is 38.7 Å². The van der Waals surface area contributed by atoms with Crippen LogP contribution in [0.5, 0.6) is 0 Å². The Morgan fingerprint density at radius 2 is 2.15 bits per heavy atom. The molecule has 0 aromatic carbocycles. The third kappa shape index (κ3) is 5.20.